The zero-order valence-corrected chi connectivity index (χ0v) is 10.8. The average Bonchev–Trinajstić information content (AvgIpc) is 2.34. The zero-order chi connectivity index (χ0) is 12.7. The fourth-order valence-electron chi connectivity index (χ4n) is 1.73. The van der Waals surface area contributed by atoms with E-state index in [0.717, 1.165) is 25.1 Å². The molecule has 0 N–H and O–H groups in total. The van der Waals surface area contributed by atoms with E-state index in [1.807, 2.05) is 24.3 Å². The summed E-state index contributed by atoms with van der Waals surface area (Å²) in [6, 6.07) is 7.68. The van der Waals surface area contributed by atoms with Crippen LogP contribution in [-0.2, 0) is 4.74 Å². The molecule has 0 saturated carbocycles. The van der Waals surface area contributed by atoms with Gasteiger partial charge in [-0.05, 0) is 30.2 Å². The van der Waals surface area contributed by atoms with Crippen LogP contribution in [0.1, 0.15) is 24.2 Å². The number of anilines is 1. The maximum absolute atomic E-state index is 10.6. The summed E-state index contributed by atoms with van der Waals surface area (Å²) in [7, 11) is 1.71. The summed E-state index contributed by atoms with van der Waals surface area (Å²) in [5.41, 5.74) is 1.85. The summed E-state index contributed by atoms with van der Waals surface area (Å²) < 4.78 is 5.12. The lowest BCUT2D eigenvalue weighted by Crippen LogP contribution is -2.30. The molecule has 0 aromatic heterocycles. The van der Waals surface area contributed by atoms with E-state index in [2.05, 4.69) is 18.7 Å². The van der Waals surface area contributed by atoms with E-state index in [-0.39, 0.29) is 0 Å². The van der Waals surface area contributed by atoms with Crippen molar-refractivity contribution in [3.05, 3.63) is 29.8 Å². The largest absolute Gasteiger partial charge is 0.383 e. The van der Waals surface area contributed by atoms with Crippen molar-refractivity contribution in [1.29, 1.82) is 0 Å². The Kier molecular flexibility index (Phi) is 5.70. The number of rotatable bonds is 7. The molecule has 1 aromatic rings. The Morgan fingerprint density at radius 1 is 1.29 bits per heavy atom. The van der Waals surface area contributed by atoms with Gasteiger partial charge in [-0.3, -0.25) is 4.79 Å². The molecule has 0 unspecified atom stereocenters. The Morgan fingerprint density at radius 3 is 2.41 bits per heavy atom. The smallest absolute Gasteiger partial charge is 0.150 e. The van der Waals surface area contributed by atoms with Gasteiger partial charge in [0, 0.05) is 31.5 Å². The van der Waals surface area contributed by atoms with Gasteiger partial charge in [-0.15, -0.1) is 0 Å². The zero-order valence-electron chi connectivity index (χ0n) is 10.8. The molecular weight excluding hydrogens is 214 g/mol. The summed E-state index contributed by atoms with van der Waals surface area (Å²) in [4.78, 5) is 12.9. The molecule has 3 heteroatoms. The predicted octanol–water partition coefficient (Wildman–Crippen LogP) is 2.61. The van der Waals surface area contributed by atoms with Crippen molar-refractivity contribution in [1.82, 2.24) is 0 Å². The minimum atomic E-state index is 0.595. The van der Waals surface area contributed by atoms with E-state index in [1.165, 1.54) is 0 Å². The van der Waals surface area contributed by atoms with Crippen molar-refractivity contribution in [2.45, 2.75) is 13.8 Å². The van der Waals surface area contributed by atoms with Crippen LogP contribution >= 0.6 is 0 Å². The van der Waals surface area contributed by atoms with Crippen molar-refractivity contribution >= 4 is 12.0 Å². The fraction of sp³-hybridized carbons (Fsp3) is 0.500. The third kappa shape index (κ3) is 4.57. The van der Waals surface area contributed by atoms with Crippen LogP contribution in [0.15, 0.2) is 24.3 Å². The Balaban J connectivity index is 2.75. The van der Waals surface area contributed by atoms with Gasteiger partial charge in [-0.2, -0.15) is 0 Å². The van der Waals surface area contributed by atoms with Crippen molar-refractivity contribution in [3.63, 3.8) is 0 Å². The van der Waals surface area contributed by atoms with Crippen LogP contribution in [0.5, 0.6) is 0 Å². The quantitative estimate of drug-likeness (QED) is 0.680. The highest BCUT2D eigenvalue weighted by Crippen LogP contribution is 2.16. The first kappa shape index (κ1) is 13.7. The summed E-state index contributed by atoms with van der Waals surface area (Å²) in [6.07, 6.45) is 0.867. The number of methoxy groups -OCH3 is 1. The standard InChI is InChI=1S/C14H21NO2/c1-12(2)10-15(8-9-17-3)14-6-4-13(11-16)5-7-14/h4-7,11-12H,8-10H2,1-3H3. The molecule has 0 fully saturated rings. The summed E-state index contributed by atoms with van der Waals surface area (Å²) >= 11 is 0. The van der Waals surface area contributed by atoms with Crippen molar-refractivity contribution in [2.24, 2.45) is 5.92 Å². The second kappa shape index (κ2) is 7.07. The monoisotopic (exact) mass is 235 g/mol. The molecule has 1 rings (SSSR count). The highest BCUT2D eigenvalue weighted by Gasteiger charge is 2.08. The summed E-state index contributed by atoms with van der Waals surface area (Å²) in [6.45, 7) is 6.96. The molecule has 0 atom stereocenters. The maximum atomic E-state index is 10.6. The third-order valence-electron chi connectivity index (χ3n) is 2.55. The van der Waals surface area contributed by atoms with Gasteiger partial charge in [-0.25, -0.2) is 0 Å². The highest BCUT2D eigenvalue weighted by molar-refractivity contribution is 5.75. The first-order valence-corrected chi connectivity index (χ1v) is 5.96. The number of carbonyl (C=O) groups excluding carboxylic acids is 1. The third-order valence-corrected chi connectivity index (χ3v) is 2.55. The second-order valence-electron chi connectivity index (χ2n) is 4.54. The molecule has 1 aromatic carbocycles. The minimum absolute atomic E-state index is 0.595. The number of hydrogen-bond acceptors (Lipinski definition) is 3. The van der Waals surface area contributed by atoms with Gasteiger partial charge in [-0.1, -0.05) is 13.8 Å². The second-order valence-corrected chi connectivity index (χ2v) is 4.54. The lowest BCUT2D eigenvalue weighted by atomic mass is 10.1. The SMILES string of the molecule is COCCN(CC(C)C)c1ccc(C=O)cc1. The molecule has 0 heterocycles. The van der Waals surface area contributed by atoms with E-state index in [1.54, 1.807) is 7.11 Å². The topological polar surface area (TPSA) is 29.5 Å². The molecule has 0 spiro atoms. The first-order chi connectivity index (χ1) is 8.17. The molecule has 94 valence electrons. The molecule has 0 aliphatic rings. The van der Waals surface area contributed by atoms with Crippen LogP contribution in [0.2, 0.25) is 0 Å². The minimum Gasteiger partial charge on any atom is -0.383 e. The van der Waals surface area contributed by atoms with Gasteiger partial charge in [0.25, 0.3) is 0 Å². The molecule has 0 aliphatic heterocycles. The molecule has 0 saturated heterocycles. The molecule has 0 amide bonds. The number of aldehydes is 1. The number of hydrogen-bond donors (Lipinski definition) is 0. The van der Waals surface area contributed by atoms with Crippen molar-refractivity contribution in [3.8, 4) is 0 Å². The lowest BCUT2D eigenvalue weighted by Gasteiger charge is -2.26. The van der Waals surface area contributed by atoms with E-state index >= 15 is 0 Å². The van der Waals surface area contributed by atoms with Crippen molar-refractivity contribution < 1.29 is 9.53 Å². The van der Waals surface area contributed by atoms with E-state index in [4.69, 9.17) is 4.74 Å². The fourth-order valence-corrected chi connectivity index (χ4v) is 1.73. The van der Waals surface area contributed by atoms with Crippen molar-refractivity contribution in [2.75, 3.05) is 31.7 Å². The molecule has 3 nitrogen and oxygen atoms in total. The molecule has 0 bridgehead atoms. The van der Waals surface area contributed by atoms with Gasteiger partial charge in [0.1, 0.15) is 6.29 Å². The number of ether oxygens (including phenoxy) is 1. The first-order valence-electron chi connectivity index (χ1n) is 5.96. The van der Waals surface area contributed by atoms with Crippen LogP contribution in [0.25, 0.3) is 0 Å². The van der Waals surface area contributed by atoms with Crippen LogP contribution in [-0.4, -0.2) is 33.1 Å². The molecule has 0 aliphatic carbocycles. The molecular formula is C14H21NO2. The Hall–Kier alpha value is -1.35. The van der Waals surface area contributed by atoms with Gasteiger partial charge < -0.3 is 9.64 Å². The predicted molar refractivity (Wildman–Crippen MR) is 70.8 cm³/mol. The lowest BCUT2D eigenvalue weighted by molar-refractivity contribution is 0.112. The van der Waals surface area contributed by atoms with E-state index in [9.17, 15) is 4.79 Å². The summed E-state index contributed by atoms with van der Waals surface area (Å²) in [5, 5.41) is 0. The Labute approximate surface area is 103 Å². The van der Waals surface area contributed by atoms with Gasteiger partial charge in [0.15, 0.2) is 0 Å². The van der Waals surface area contributed by atoms with Crippen LogP contribution in [0.4, 0.5) is 5.69 Å². The number of carbonyl (C=O) groups is 1. The van der Waals surface area contributed by atoms with Gasteiger partial charge in [0.2, 0.25) is 0 Å². The van der Waals surface area contributed by atoms with Gasteiger partial charge >= 0.3 is 0 Å². The molecule has 0 radical (unpaired) electrons. The summed E-state index contributed by atoms with van der Waals surface area (Å²) in [5.74, 6) is 0.595. The van der Waals surface area contributed by atoms with E-state index < -0.39 is 0 Å². The van der Waals surface area contributed by atoms with Gasteiger partial charge in [0.05, 0.1) is 6.61 Å². The highest BCUT2D eigenvalue weighted by atomic mass is 16.5. The molecule has 17 heavy (non-hydrogen) atoms. The van der Waals surface area contributed by atoms with E-state index in [0.29, 0.717) is 18.1 Å². The Bertz CT molecular complexity index is 333. The average molecular weight is 235 g/mol. The maximum Gasteiger partial charge on any atom is 0.150 e. The Morgan fingerprint density at radius 2 is 1.94 bits per heavy atom. The van der Waals surface area contributed by atoms with Crippen LogP contribution < -0.4 is 4.90 Å². The normalized spacial score (nSPS) is 10.6. The van der Waals surface area contributed by atoms with Crippen LogP contribution in [0.3, 0.4) is 0 Å². The van der Waals surface area contributed by atoms with Crippen LogP contribution in [0, 0.1) is 5.92 Å². The number of benzene rings is 1. The number of nitrogens with zero attached hydrogens (tertiary/aromatic N) is 1.